The first-order valence-corrected chi connectivity index (χ1v) is 5.86. The molecule has 1 rings (SSSR count). The molecule has 1 aromatic carbocycles. The number of hydrogen-bond donors (Lipinski definition) is 2. The molecular formula is C13H22N2O2. The molecule has 0 heterocycles. The topological polar surface area (TPSA) is 56.5 Å². The minimum Gasteiger partial charge on any atom is -0.496 e. The van der Waals surface area contributed by atoms with E-state index in [9.17, 15) is 0 Å². The SMILES string of the molecule is CCOC(C)C(NN)c1cc(C)ccc1OC. The maximum Gasteiger partial charge on any atom is 0.123 e. The molecule has 0 saturated carbocycles. The Kier molecular flexibility index (Phi) is 5.41. The van der Waals surface area contributed by atoms with Crippen molar-refractivity contribution in [3.05, 3.63) is 29.3 Å². The number of rotatable bonds is 6. The van der Waals surface area contributed by atoms with E-state index >= 15 is 0 Å². The Labute approximate surface area is 103 Å². The Morgan fingerprint density at radius 2 is 2.12 bits per heavy atom. The Hall–Kier alpha value is -1.10. The summed E-state index contributed by atoms with van der Waals surface area (Å²) in [6.45, 7) is 6.67. The summed E-state index contributed by atoms with van der Waals surface area (Å²) in [7, 11) is 1.66. The van der Waals surface area contributed by atoms with Crippen LogP contribution in [0.25, 0.3) is 0 Å². The maximum atomic E-state index is 5.62. The summed E-state index contributed by atoms with van der Waals surface area (Å²) in [6, 6.07) is 5.96. The molecule has 96 valence electrons. The molecule has 0 spiro atoms. The van der Waals surface area contributed by atoms with Crippen LogP contribution in [0.15, 0.2) is 18.2 Å². The molecular weight excluding hydrogens is 216 g/mol. The van der Waals surface area contributed by atoms with Crippen molar-refractivity contribution in [1.82, 2.24) is 5.43 Å². The number of aryl methyl sites for hydroxylation is 1. The molecule has 0 bridgehead atoms. The third kappa shape index (κ3) is 3.43. The minimum atomic E-state index is -0.0789. The first kappa shape index (κ1) is 14.0. The molecule has 2 unspecified atom stereocenters. The predicted octanol–water partition coefficient (Wildman–Crippen LogP) is 1.93. The van der Waals surface area contributed by atoms with Gasteiger partial charge in [-0.1, -0.05) is 17.7 Å². The molecule has 4 heteroatoms. The lowest BCUT2D eigenvalue weighted by molar-refractivity contribution is 0.0466. The van der Waals surface area contributed by atoms with Crippen molar-refractivity contribution in [3.8, 4) is 5.75 Å². The summed E-state index contributed by atoms with van der Waals surface area (Å²) in [5, 5.41) is 0. The zero-order chi connectivity index (χ0) is 12.8. The Morgan fingerprint density at radius 3 is 2.65 bits per heavy atom. The van der Waals surface area contributed by atoms with E-state index in [0.717, 1.165) is 11.3 Å². The van der Waals surface area contributed by atoms with E-state index in [-0.39, 0.29) is 12.1 Å². The maximum absolute atomic E-state index is 5.62. The number of hydrazine groups is 1. The van der Waals surface area contributed by atoms with Crippen molar-refractivity contribution in [3.63, 3.8) is 0 Å². The summed E-state index contributed by atoms with van der Waals surface area (Å²) < 4.78 is 11.0. The normalized spacial score (nSPS) is 14.4. The Bertz CT molecular complexity index is 355. The molecule has 0 aliphatic rings. The molecule has 0 fully saturated rings. The first-order valence-electron chi connectivity index (χ1n) is 5.86. The van der Waals surface area contributed by atoms with Crippen LogP contribution in [-0.2, 0) is 4.74 Å². The highest BCUT2D eigenvalue weighted by Crippen LogP contribution is 2.28. The molecule has 0 aromatic heterocycles. The molecule has 0 aliphatic heterocycles. The fourth-order valence-corrected chi connectivity index (χ4v) is 1.93. The monoisotopic (exact) mass is 238 g/mol. The molecule has 0 aliphatic carbocycles. The van der Waals surface area contributed by atoms with Gasteiger partial charge in [-0.15, -0.1) is 0 Å². The lowest BCUT2D eigenvalue weighted by atomic mass is 9.99. The third-order valence-electron chi connectivity index (χ3n) is 2.80. The summed E-state index contributed by atoms with van der Waals surface area (Å²) in [6.07, 6.45) is -0.0132. The van der Waals surface area contributed by atoms with Crippen LogP contribution in [0.3, 0.4) is 0 Å². The van der Waals surface area contributed by atoms with E-state index in [2.05, 4.69) is 11.5 Å². The number of nitrogens with two attached hydrogens (primary N) is 1. The second-order valence-corrected chi connectivity index (χ2v) is 4.05. The average molecular weight is 238 g/mol. The van der Waals surface area contributed by atoms with Gasteiger partial charge in [0, 0.05) is 12.2 Å². The Morgan fingerprint density at radius 1 is 1.41 bits per heavy atom. The van der Waals surface area contributed by atoms with Gasteiger partial charge in [-0.3, -0.25) is 11.3 Å². The second kappa shape index (κ2) is 6.59. The quantitative estimate of drug-likeness (QED) is 0.587. The van der Waals surface area contributed by atoms with Crippen LogP contribution < -0.4 is 16.0 Å². The highest BCUT2D eigenvalue weighted by Gasteiger charge is 2.21. The number of benzene rings is 1. The summed E-state index contributed by atoms with van der Waals surface area (Å²) in [5.74, 6) is 6.45. The van der Waals surface area contributed by atoms with Crippen LogP contribution in [0.1, 0.15) is 31.0 Å². The standard InChI is InChI=1S/C13H22N2O2/c1-5-17-10(3)13(15-14)11-8-9(2)6-7-12(11)16-4/h6-8,10,13,15H,5,14H2,1-4H3. The molecule has 2 atom stereocenters. The van der Waals surface area contributed by atoms with E-state index in [0.29, 0.717) is 6.61 Å². The fraction of sp³-hybridized carbons (Fsp3) is 0.538. The zero-order valence-electron chi connectivity index (χ0n) is 11.0. The molecule has 17 heavy (non-hydrogen) atoms. The molecule has 0 amide bonds. The lowest BCUT2D eigenvalue weighted by Gasteiger charge is -2.25. The summed E-state index contributed by atoms with van der Waals surface area (Å²) in [4.78, 5) is 0. The first-order chi connectivity index (χ1) is 8.13. The van der Waals surface area contributed by atoms with Crippen molar-refractivity contribution < 1.29 is 9.47 Å². The van der Waals surface area contributed by atoms with Gasteiger partial charge >= 0.3 is 0 Å². The van der Waals surface area contributed by atoms with Gasteiger partial charge in [0.1, 0.15) is 5.75 Å². The van der Waals surface area contributed by atoms with Gasteiger partial charge in [0.05, 0.1) is 19.3 Å². The largest absolute Gasteiger partial charge is 0.496 e. The van der Waals surface area contributed by atoms with Gasteiger partial charge in [0.2, 0.25) is 0 Å². The van der Waals surface area contributed by atoms with Crippen LogP contribution in [-0.4, -0.2) is 19.8 Å². The van der Waals surface area contributed by atoms with Crippen LogP contribution in [0.2, 0.25) is 0 Å². The van der Waals surface area contributed by atoms with Gasteiger partial charge in [-0.2, -0.15) is 0 Å². The van der Waals surface area contributed by atoms with Crippen molar-refractivity contribution in [1.29, 1.82) is 0 Å². The van der Waals surface area contributed by atoms with Gasteiger partial charge in [0.15, 0.2) is 0 Å². The summed E-state index contributed by atoms with van der Waals surface area (Å²) in [5.41, 5.74) is 4.99. The molecule has 3 N–H and O–H groups in total. The fourth-order valence-electron chi connectivity index (χ4n) is 1.93. The minimum absolute atomic E-state index is 0.0132. The van der Waals surface area contributed by atoms with Crippen LogP contribution in [0.5, 0.6) is 5.75 Å². The van der Waals surface area contributed by atoms with Crippen molar-refractivity contribution >= 4 is 0 Å². The van der Waals surface area contributed by atoms with Gasteiger partial charge in [-0.25, -0.2) is 0 Å². The number of ether oxygens (including phenoxy) is 2. The number of hydrogen-bond acceptors (Lipinski definition) is 4. The average Bonchev–Trinajstić information content (AvgIpc) is 2.31. The van der Waals surface area contributed by atoms with Gasteiger partial charge < -0.3 is 9.47 Å². The van der Waals surface area contributed by atoms with Crippen LogP contribution >= 0.6 is 0 Å². The van der Waals surface area contributed by atoms with E-state index < -0.39 is 0 Å². The van der Waals surface area contributed by atoms with Crippen molar-refractivity contribution in [2.45, 2.75) is 32.9 Å². The molecule has 0 saturated heterocycles. The smallest absolute Gasteiger partial charge is 0.123 e. The van der Waals surface area contributed by atoms with Crippen LogP contribution in [0.4, 0.5) is 0 Å². The summed E-state index contributed by atoms with van der Waals surface area (Å²) >= 11 is 0. The van der Waals surface area contributed by atoms with E-state index in [4.69, 9.17) is 15.3 Å². The van der Waals surface area contributed by atoms with Gasteiger partial charge in [0.25, 0.3) is 0 Å². The molecule has 4 nitrogen and oxygen atoms in total. The highest BCUT2D eigenvalue weighted by molar-refractivity contribution is 5.39. The molecule has 1 aromatic rings. The van der Waals surface area contributed by atoms with Crippen molar-refractivity contribution in [2.75, 3.05) is 13.7 Å². The third-order valence-corrected chi connectivity index (χ3v) is 2.80. The number of methoxy groups -OCH3 is 1. The zero-order valence-corrected chi connectivity index (χ0v) is 11.0. The molecule has 0 radical (unpaired) electrons. The van der Waals surface area contributed by atoms with E-state index in [1.807, 2.05) is 32.9 Å². The lowest BCUT2D eigenvalue weighted by Crippen LogP contribution is -2.36. The number of nitrogens with one attached hydrogen (secondary N) is 1. The van der Waals surface area contributed by atoms with Crippen LogP contribution in [0, 0.1) is 6.92 Å². The predicted molar refractivity (Wildman–Crippen MR) is 68.9 cm³/mol. The van der Waals surface area contributed by atoms with Crippen molar-refractivity contribution in [2.24, 2.45) is 5.84 Å². The Balaban J connectivity index is 3.05. The van der Waals surface area contributed by atoms with Gasteiger partial charge in [-0.05, 0) is 26.8 Å². The van der Waals surface area contributed by atoms with E-state index in [1.165, 1.54) is 5.56 Å². The van der Waals surface area contributed by atoms with E-state index in [1.54, 1.807) is 7.11 Å². The second-order valence-electron chi connectivity index (χ2n) is 4.05. The highest BCUT2D eigenvalue weighted by atomic mass is 16.5.